The van der Waals surface area contributed by atoms with E-state index in [9.17, 15) is 24.0 Å². The van der Waals surface area contributed by atoms with Crippen molar-refractivity contribution in [3.63, 3.8) is 0 Å². The molecular formula is C24H16FN3O3. The number of amides is 3. The molecule has 0 saturated heterocycles. The Balaban J connectivity index is 1.46. The van der Waals surface area contributed by atoms with Crippen molar-refractivity contribution in [2.24, 2.45) is 0 Å². The van der Waals surface area contributed by atoms with Crippen LogP contribution in [-0.2, 0) is 6.54 Å². The normalized spacial score (nSPS) is 13.5. The fourth-order valence-electron chi connectivity index (χ4n) is 3.43. The molecule has 1 heterocycles. The van der Waals surface area contributed by atoms with E-state index in [-0.39, 0.29) is 29.5 Å². The molecule has 4 rings (SSSR count). The van der Waals surface area contributed by atoms with Crippen LogP contribution in [0, 0.1) is 17.1 Å². The Hall–Kier alpha value is -4.31. The lowest BCUT2D eigenvalue weighted by atomic mass is 10.1. The molecule has 0 radical (unpaired) electrons. The highest BCUT2D eigenvalue weighted by atomic mass is 19.1. The van der Waals surface area contributed by atoms with Crippen LogP contribution in [0.1, 0.15) is 48.2 Å². The van der Waals surface area contributed by atoms with Crippen molar-refractivity contribution in [3.8, 4) is 6.07 Å². The summed E-state index contributed by atoms with van der Waals surface area (Å²) < 4.78 is 13.9. The summed E-state index contributed by atoms with van der Waals surface area (Å²) in [5.41, 5.74) is 1.76. The summed E-state index contributed by atoms with van der Waals surface area (Å²) in [6.45, 7) is 0.0737. The van der Waals surface area contributed by atoms with Crippen LogP contribution in [0.4, 0.5) is 4.39 Å². The van der Waals surface area contributed by atoms with E-state index in [4.69, 9.17) is 0 Å². The Labute approximate surface area is 177 Å². The van der Waals surface area contributed by atoms with Crippen LogP contribution in [0.3, 0.4) is 0 Å². The predicted octanol–water partition coefficient (Wildman–Crippen LogP) is 3.62. The number of hydrogen-bond acceptors (Lipinski definition) is 4. The van der Waals surface area contributed by atoms with Gasteiger partial charge in [0.25, 0.3) is 17.7 Å². The molecule has 1 unspecified atom stereocenters. The Morgan fingerprint density at radius 2 is 1.52 bits per heavy atom. The summed E-state index contributed by atoms with van der Waals surface area (Å²) >= 11 is 0. The average Bonchev–Trinajstić information content (AvgIpc) is 3.03. The maximum atomic E-state index is 13.9. The zero-order valence-electron chi connectivity index (χ0n) is 16.2. The molecule has 3 aromatic carbocycles. The second kappa shape index (κ2) is 8.20. The van der Waals surface area contributed by atoms with Crippen molar-refractivity contribution in [3.05, 3.63) is 106 Å². The number of carbonyl (C=O) groups excluding carboxylic acids is 3. The minimum Gasteiger partial charge on any atom is -0.332 e. The highest BCUT2D eigenvalue weighted by Gasteiger charge is 2.34. The number of benzene rings is 3. The van der Waals surface area contributed by atoms with E-state index in [1.165, 1.54) is 30.3 Å². The predicted molar refractivity (Wildman–Crippen MR) is 109 cm³/mol. The molecule has 3 amide bonds. The Bertz CT molecular complexity index is 1200. The van der Waals surface area contributed by atoms with Crippen LogP contribution < -0.4 is 5.32 Å². The molecule has 31 heavy (non-hydrogen) atoms. The Morgan fingerprint density at radius 1 is 0.935 bits per heavy atom. The van der Waals surface area contributed by atoms with Crippen LogP contribution in [0.15, 0.2) is 72.8 Å². The third-order valence-corrected chi connectivity index (χ3v) is 5.06. The maximum Gasteiger partial charge on any atom is 0.261 e. The van der Waals surface area contributed by atoms with E-state index in [1.807, 2.05) is 6.07 Å². The summed E-state index contributed by atoms with van der Waals surface area (Å²) in [5, 5.41) is 11.8. The van der Waals surface area contributed by atoms with Crippen LogP contribution in [0.2, 0.25) is 0 Å². The van der Waals surface area contributed by atoms with Gasteiger partial charge in [-0.3, -0.25) is 19.3 Å². The third-order valence-electron chi connectivity index (χ3n) is 5.06. The van der Waals surface area contributed by atoms with E-state index >= 15 is 0 Å². The maximum absolute atomic E-state index is 13.9. The number of rotatable bonds is 5. The standard InChI is InChI=1S/C24H16FN3O3/c25-20-8-4-3-7-19(20)21(13-26)27-22(29)16-11-9-15(10-12-16)14-28-23(30)17-5-1-2-6-18(17)24(28)31/h1-12,21H,14H2,(H,27,29). The molecule has 1 atom stereocenters. The lowest BCUT2D eigenvalue weighted by molar-refractivity contribution is 0.0641. The second-order valence-electron chi connectivity index (χ2n) is 7.00. The third kappa shape index (κ3) is 3.79. The molecule has 1 aliphatic rings. The van der Waals surface area contributed by atoms with Crippen molar-refractivity contribution in [1.82, 2.24) is 10.2 Å². The van der Waals surface area contributed by atoms with Gasteiger partial charge in [0.2, 0.25) is 0 Å². The molecule has 152 valence electrons. The van der Waals surface area contributed by atoms with E-state index in [1.54, 1.807) is 42.5 Å². The smallest absolute Gasteiger partial charge is 0.261 e. The fourth-order valence-corrected chi connectivity index (χ4v) is 3.43. The first-order valence-corrected chi connectivity index (χ1v) is 9.48. The molecule has 0 saturated carbocycles. The fraction of sp³-hybridized carbons (Fsp3) is 0.0833. The van der Waals surface area contributed by atoms with Gasteiger partial charge in [-0.2, -0.15) is 5.26 Å². The monoisotopic (exact) mass is 413 g/mol. The summed E-state index contributed by atoms with van der Waals surface area (Å²) in [6, 6.07) is 19.5. The largest absolute Gasteiger partial charge is 0.332 e. The van der Waals surface area contributed by atoms with Gasteiger partial charge in [0, 0.05) is 11.1 Å². The highest BCUT2D eigenvalue weighted by Crippen LogP contribution is 2.24. The molecule has 0 aliphatic carbocycles. The van der Waals surface area contributed by atoms with Gasteiger partial charge in [-0.05, 0) is 35.9 Å². The van der Waals surface area contributed by atoms with E-state index in [0.717, 1.165) is 4.90 Å². The Kier molecular flexibility index (Phi) is 5.29. The zero-order valence-corrected chi connectivity index (χ0v) is 16.2. The van der Waals surface area contributed by atoms with Gasteiger partial charge in [0.15, 0.2) is 0 Å². The van der Waals surface area contributed by atoms with Crippen molar-refractivity contribution >= 4 is 17.7 Å². The first kappa shape index (κ1) is 20.0. The van der Waals surface area contributed by atoms with Gasteiger partial charge < -0.3 is 5.32 Å². The SMILES string of the molecule is N#CC(NC(=O)c1ccc(CN2C(=O)c3ccccc3C2=O)cc1)c1ccccc1F. The van der Waals surface area contributed by atoms with E-state index < -0.39 is 17.8 Å². The highest BCUT2D eigenvalue weighted by molar-refractivity contribution is 6.21. The van der Waals surface area contributed by atoms with Gasteiger partial charge in [-0.1, -0.05) is 42.5 Å². The number of nitrogens with zero attached hydrogens (tertiary/aromatic N) is 2. The quantitative estimate of drug-likeness (QED) is 0.647. The number of fused-ring (bicyclic) bond motifs is 1. The average molecular weight is 413 g/mol. The molecule has 1 aliphatic heterocycles. The molecule has 0 bridgehead atoms. The number of nitrogens with one attached hydrogen (secondary N) is 1. The number of hydrogen-bond donors (Lipinski definition) is 1. The molecule has 3 aromatic rings. The molecule has 0 fully saturated rings. The summed E-state index contributed by atoms with van der Waals surface area (Å²) in [6.07, 6.45) is 0. The lowest BCUT2D eigenvalue weighted by Gasteiger charge is -2.15. The van der Waals surface area contributed by atoms with Gasteiger partial charge in [0.05, 0.1) is 23.7 Å². The van der Waals surface area contributed by atoms with Crippen LogP contribution in [0.25, 0.3) is 0 Å². The molecule has 0 aromatic heterocycles. The minimum atomic E-state index is -1.13. The molecule has 1 N–H and O–H groups in total. The Morgan fingerprint density at radius 3 is 2.10 bits per heavy atom. The lowest BCUT2D eigenvalue weighted by Crippen LogP contribution is -2.29. The van der Waals surface area contributed by atoms with Gasteiger partial charge in [-0.25, -0.2) is 4.39 Å². The van der Waals surface area contributed by atoms with Gasteiger partial charge >= 0.3 is 0 Å². The number of imide groups is 1. The minimum absolute atomic E-state index is 0.0737. The summed E-state index contributed by atoms with van der Waals surface area (Å²) in [4.78, 5) is 38.6. The number of nitriles is 1. The number of halogens is 1. The summed E-state index contributed by atoms with van der Waals surface area (Å²) in [5.74, 6) is -1.83. The van der Waals surface area contributed by atoms with Gasteiger partial charge in [-0.15, -0.1) is 0 Å². The van der Waals surface area contributed by atoms with E-state index in [2.05, 4.69) is 5.32 Å². The molecule has 0 spiro atoms. The summed E-state index contributed by atoms with van der Waals surface area (Å²) in [7, 11) is 0. The van der Waals surface area contributed by atoms with Crippen molar-refractivity contribution < 1.29 is 18.8 Å². The van der Waals surface area contributed by atoms with E-state index in [0.29, 0.717) is 16.7 Å². The van der Waals surface area contributed by atoms with Crippen LogP contribution in [0.5, 0.6) is 0 Å². The molecule has 7 heteroatoms. The van der Waals surface area contributed by atoms with Crippen molar-refractivity contribution in [2.45, 2.75) is 12.6 Å². The number of carbonyl (C=O) groups is 3. The molecule has 6 nitrogen and oxygen atoms in total. The second-order valence-corrected chi connectivity index (χ2v) is 7.00. The van der Waals surface area contributed by atoms with Crippen LogP contribution in [-0.4, -0.2) is 22.6 Å². The van der Waals surface area contributed by atoms with Crippen molar-refractivity contribution in [2.75, 3.05) is 0 Å². The van der Waals surface area contributed by atoms with Crippen molar-refractivity contribution in [1.29, 1.82) is 5.26 Å². The van der Waals surface area contributed by atoms with Crippen LogP contribution >= 0.6 is 0 Å². The zero-order chi connectivity index (χ0) is 22.0. The molecular weight excluding hydrogens is 397 g/mol. The van der Waals surface area contributed by atoms with Gasteiger partial charge in [0.1, 0.15) is 11.9 Å². The first-order valence-electron chi connectivity index (χ1n) is 9.48. The first-order chi connectivity index (χ1) is 15.0. The topological polar surface area (TPSA) is 90.3 Å².